The second kappa shape index (κ2) is 6.63. The van der Waals surface area contributed by atoms with Gasteiger partial charge in [-0.2, -0.15) is 0 Å². The van der Waals surface area contributed by atoms with E-state index < -0.39 is 0 Å². The quantitative estimate of drug-likeness (QED) is 0.664. The molecule has 1 saturated carbocycles. The highest BCUT2D eigenvalue weighted by molar-refractivity contribution is 6.18. The monoisotopic (exact) mass is 259 g/mol. The van der Waals surface area contributed by atoms with Crippen LogP contribution in [0.25, 0.3) is 0 Å². The van der Waals surface area contributed by atoms with E-state index in [4.69, 9.17) is 11.6 Å². The van der Waals surface area contributed by atoms with Crippen molar-refractivity contribution in [1.29, 1.82) is 0 Å². The molecule has 0 saturated heterocycles. The van der Waals surface area contributed by atoms with Crippen LogP contribution in [0.5, 0.6) is 0 Å². The van der Waals surface area contributed by atoms with Gasteiger partial charge in [-0.25, -0.2) is 0 Å². The highest BCUT2D eigenvalue weighted by atomic mass is 35.5. The minimum Gasteiger partial charge on any atom is -0.338 e. The minimum absolute atomic E-state index is 0.116. The second-order valence-electron chi connectivity index (χ2n) is 5.43. The van der Waals surface area contributed by atoms with E-state index in [2.05, 4.69) is 20.8 Å². The van der Waals surface area contributed by atoms with Crippen molar-refractivity contribution < 1.29 is 4.79 Å². The zero-order chi connectivity index (χ0) is 12.9. The molecule has 0 aromatic heterocycles. The van der Waals surface area contributed by atoms with Gasteiger partial charge in [0, 0.05) is 23.9 Å². The van der Waals surface area contributed by atoms with Gasteiger partial charge in [0.05, 0.1) is 0 Å². The van der Waals surface area contributed by atoms with Crippen molar-refractivity contribution in [2.45, 2.75) is 65.3 Å². The molecule has 0 aromatic carbocycles. The summed E-state index contributed by atoms with van der Waals surface area (Å²) >= 11 is 5.86. The van der Waals surface area contributed by atoms with Crippen LogP contribution in [0, 0.1) is 5.41 Å². The molecule has 0 atom stereocenters. The van der Waals surface area contributed by atoms with Gasteiger partial charge in [-0.05, 0) is 25.7 Å². The largest absolute Gasteiger partial charge is 0.338 e. The van der Waals surface area contributed by atoms with Crippen molar-refractivity contribution in [3.05, 3.63) is 0 Å². The molecule has 0 spiro atoms. The van der Waals surface area contributed by atoms with Crippen LogP contribution in [0.1, 0.15) is 59.3 Å². The van der Waals surface area contributed by atoms with E-state index in [1.165, 1.54) is 12.8 Å². The van der Waals surface area contributed by atoms with E-state index in [0.29, 0.717) is 24.4 Å². The van der Waals surface area contributed by atoms with Gasteiger partial charge in [-0.3, -0.25) is 4.79 Å². The van der Waals surface area contributed by atoms with Crippen LogP contribution in [0.4, 0.5) is 0 Å². The van der Waals surface area contributed by atoms with E-state index in [-0.39, 0.29) is 5.41 Å². The van der Waals surface area contributed by atoms with Gasteiger partial charge in [0.1, 0.15) is 0 Å². The Morgan fingerprint density at radius 1 is 1.29 bits per heavy atom. The van der Waals surface area contributed by atoms with Crippen molar-refractivity contribution in [1.82, 2.24) is 4.90 Å². The molecule has 0 heterocycles. The van der Waals surface area contributed by atoms with Crippen LogP contribution in [-0.4, -0.2) is 29.3 Å². The fraction of sp³-hybridized carbons (Fsp3) is 0.929. The van der Waals surface area contributed by atoms with Crippen molar-refractivity contribution in [2.24, 2.45) is 5.41 Å². The first-order valence-electron chi connectivity index (χ1n) is 6.96. The van der Waals surface area contributed by atoms with E-state index in [1.54, 1.807) is 0 Å². The third-order valence-electron chi connectivity index (χ3n) is 4.19. The van der Waals surface area contributed by atoms with Crippen LogP contribution in [-0.2, 0) is 4.79 Å². The lowest BCUT2D eigenvalue weighted by atomic mass is 9.86. The molecule has 0 N–H and O–H groups in total. The highest BCUT2D eigenvalue weighted by Gasteiger charge is 2.40. The van der Waals surface area contributed by atoms with Crippen molar-refractivity contribution in [3.8, 4) is 0 Å². The Labute approximate surface area is 111 Å². The summed E-state index contributed by atoms with van der Waals surface area (Å²) < 4.78 is 0. The maximum Gasteiger partial charge on any atom is 0.228 e. The zero-order valence-corrected chi connectivity index (χ0v) is 12.2. The number of amides is 1. The van der Waals surface area contributed by atoms with Gasteiger partial charge in [0.2, 0.25) is 5.91 Å². The predicted octanol–water partition coefficient (Wildman–Crippen LogP) is 3.82. The summed E-state index contributed by atoms with van der Waals surface area (Å²) in [4.78, 5) is 14.7. The Hall–Kier alpha value is -0.240. The molecule has 1 rings (SSSR count). The van der Waals surface area contributed by atoms with Gasteiger partial charge in [-0.15, -0.1) is 11.6 Å². The van der Waals surface area contributed by atoms with Gasteiger partial charge in [0.25, 0.3) is 0 Å². The standard InChI is InChI=1S/C14H26ClNO/c1-4-12(5-2)16(11-10-15)13(17)14(3)8-6-7-9-14/h12H,4-11H2,1-3H3. The molecule has 1 aliphatic carbocycles. The first-order chi connectivity index (χ1) is 8.09. The molecule has 0 radical (unpaired) electrons. The minimum atomic E-state index is -0.116. The number of hydrogen-bond acceptors (Lipinski definition) is 1. The summed E-state index contributed by atoms with van der Waals surface area (Å²) in [5.74, 6) is 0.877. The van der Waals surface area contributed by atoms with E-state index in [0.717, 1.165) is 25.7 Å². The van der Waals surface area contributed by atoms with Crippen LogP contribution in [0.3, 0.4) is 0 Å². The first kappa shape index (κ1) is 14.8. The summed E-state index contributed by atoms with van der Waals surface area (Å²) in [7, 11) is 0. The Balaban J connectivity index is 2.78. The molecule has 1 amide bonds. The number of rotatable bonds is 6. The average molecular weight is 260 g/mol. The third kappa shape index (κ3) is 3.37. The lowest BCUT2D eigenvalue weighted by Crippen LogP contribution is -2.47. The summed E-state index contributed by atoms with van der Waals surface area (Å²) in [6.07, 6.45) is 6.53. The number of hydrogen-bond donors (Lipinski definition) is 0. The fourth-order valence-electron chi connectivity index (χ4n) is 2.99. The molecule has 0 aliphatic heterocycles. The predicted molar refractivity (Wildman–Crippen MR) is 73.4 cm³/mol. The van der Waals surface area contributed by atoms with Gasteiger partial charge in [0.15, 0.2) is 0 Å². The molecule has 17 heavy (non-hydrogen) atoms. The Bertz CT molecular complexity index is 245. The van der Waals surface area contributed by atoms with Crippen molar-refractivity contribution in [3.63, 3.8) is 0 Å². The molecule has 3 heteroatoms. The lowest BCUT2D eigenvalue weighted by molar-refractivity contribution is -0.143. The molecule has 100 valence electrons. The van der Waals surface area contributed by atoms with Crippen molar-refractivity contribution in [2.75, 3.05) is 12.4 Å². The number of alkyl halides is 1. The van der Waals surface area contributed by atoms with Crippen LogP contribution >= 0.6 is 11.6 Å². The molecular weight excluding hydrogens is 234 g/mol. The molecule has 2 nitrogen and oxygen atoms in total. The molecule has 0 aromatic rings. The van der Waals surface area contributed by atoms with Gasteiger partial charge in [-0.1, -0.05) is 33.6 Å². The molecule has 0 bridgehead atoms. The third-order valence-corrected chi connectivity index (χ3v) is 4.36. The average Bonchev–Trinajstić information content (AvgIpc) is 2.77. The first-order valence-corrected chi connectivity index (χ1v) is 7.49. The van der Waals surface area contributed by atoms with E-state index >= 15 is 0 Å². The van der Waals surface area contributed by atoms with Crippen molar-refractivity contribution >= 4 is 17.5 Å². The fourth-order valence-corrected chi connectivity index (χ4v) is 3.17. The molecule has 1 fully saturated rings. The van der Waals surface area contributed by atoms with Crippen LogP contribution < -0.4 is 0 Å². The van der Waals surface area contributed by atoms with E-state index in [9.17, 15) is 4.79 Å². The topological polar surface area (TPSA) is 20.3 Å². The summed E-state index contributed by atoms with van der Waals surface area (Å²) in [5, 5.41) is 0. The smallest absolute Gasteiger partial charge is 0.228 e. The number of carbonyl (C=O) groups excluding carboxylic acids is 1. The van der Waals surface area contributed by atoms with Gasteiger partial charge >= 0.3 is 0 Å². The number of carbonyl (C=O) groups is 1. The highest BCUT2D eigenvalue weighted by Crippen LogP contribution is 2.39. The maximum atomic E-state index is 12.7. The molecular formula is C14H26ClNO. The maximum absolute atomic E-state index is 12.7. The Morgan fingerprint density at radius 2 is 1.82 bits per heavy atom. The lowest BCUT2D eigenvalue weighted by Gasteiger charge is -2.36. The summed E-state index contributed by atoms with van der Waals surface area (Å²) in [5.41, 5.74) is -0.116. The van der Waals surface area contributed by atoms with Crippen LogP contribution in [0.2, 0.25) is 0 Å². The normalized spacial score (nSPS) is 18.6. The summed E-state index contributed by atoms with van der Waals surface area (Å²) in [6, 6.07) is 0.360. The Kier molecular flexibility index (Phi) is 5.78. The SMILES string of the molecule is CCC(CC)N(CCCl)C(=O)C1(C)CCCC1. The Morgan fingerprint density at radius 3 is 2.24 bits per heavy atom. The molecule has 1 aliphatic rings. The number of nitrogens with zero attached hydrogens (tertiary/aromatic N) is 1. The van der Waals surface area contributed by atoms with E-state index in [1.807, 2.05) is 4.90 Å². The van der Waals surface area contributed by atoms with Gasteiger partial charge < -0.3 is 4.90 Å². The van der Waals surface area contributed by atoms with Crippen LogP contribution in [0.15, 0.2) is 0 Å². The number of halogens is 1. The summed E-state index contributed by atoms with van der Waals surface area (Å²) in [6.45, 7) is 7.13. The second-order valence-corrected chi connectivity index (χ2v) is 5.80. The molecule has 0 unspecified atom stereocenters. The zero-order valence-electron chi connectivity index (χ0n) is 11.5.